The molecule has 20 heavy (non-hydrogen) atoms. The summed E-state index contributed by atoms with van der Waals surface area (Å²) in [5.41, 5.74) is 2.00. The van der Waals surface area contributed by atoms with Gasteiger partial charge in [0.1, 0.15) is 11.5 Å². The van der Waals surface area contributed by atoms with Gasteiger partial charge in [0.2, 0.25) is 0 Å². The molecule has 1 aliphatic carbocycles. The molecule has 2 N–H and O–H groups in total. The zero-order valence-corrected chi connectivity index (χ0v) is 12.4. The number of rotatable bonds is 2. The van der Waals surface area contributed by atoms with Crippen molar-refractivity contribution in [3.8, 4) is 11.5 Å². The molecule has 0 heterocycles. The fourth-order valence-corrected chi connectivity index (χ4v) is 3.33. The molecule has 1 atom stereocenters. The van der Waals surface area contributed by atoms with Crippen LogP contribution in [0.3, 0.4) is 0 Å². The first-order chi connectivity index (χ1) is 9.45. The lowest BCUT2D eigenvalue weighted by molar-refractivity contribution is 0.475. The minimum atomic E-state index is -0.130. The number of phenols is 2. The van der Waals surface area contributed by atoms with E-state index in [1.165, 1.54) is 0 Å². The fraction of sp³-hybridized carbons (Fsp3) is 0.250. The van der Waals surface area contributed by atoms with Gasteiger partial charge in [-0.05, 0) is 47.7 Å². The maximum absolute atomic E-state index is 9.56. The molecule has 2 aromatic rings. The van der Waals surface area contributed by atoms with Crippen molar-refractivity contribution in [2.45, 2.75) is 18.8 Å². The van der Waals surface area contributed by atoms with Crippen LogP contribution in [-0.4, -0.2) is 10.2 Å². The highest BCUT2D eigenvalue weighted by atomic mass is 35.5. The van der Waals surface area contributed by atoms with E-state index in [9.17, 15) is 10.2 Å². The summed E-state index contributed by atoms with van der Waals surface area (Å²) in [6.07, 6.45) is 0.995. The van der Waals surface area contributed by atoms with Gasteiger partial charge in [-0.3, -0.25) is 0 Å². The van der Waals surface area contributed by atoms with Gasteiger partial charge in [0.25, 0.3) is 0 Å². The molecular formula is C16H14Cl2O2. The number of phenolic OH excluding ortho intramolecular Hbond substituents is 2. The van der Waals surface area contributed by atoms with E-state index in [-0.39, 0.29) is 16.9 Å². The van der Waals surface area contributed by atoms with E-state index in [0.29, 0.717) is 16.0 Å². The van der Waals surface area contributed by atoms with Crippen molar-refractivity contribution in [1.82, 2.24) is 0 Å². The quantitative estimate of drug-likeness (QED) is 0.842. The van der Waals surface area contributed by atoms with Crippen LogP contribution in [0.4, 0.5) is 0 Å². The van der Waals surface area contributed by atoms with E-state index in [0.717, 1.165) is 17.5 Å². The molecule has 1 saturated carbocycles. The molecule has 1 fully saturated rings. The SMILES string of the molecule is CC1CC1(c1ccc(O)c(Cl)c1)c1ccc(O)c(Cl)c1. The summed E-state index contributed by atoms with van der Waals surface area (Å²) in [5, 5.41) is 19.8. The molecule has 3 rings (SSSR count). The Morgan fingerprint density at radius 3 is 1.65 bits per heavy atom. The topological polar surface area (TPSA) is 40.5 Å². The van der Waals surface area contributed by atoms with E-state index < -0.39 is 0 Å². The maximum Gasteiger partial charge on any atom is 0.134 e. The third kappa shape index (κ3) is 1.95. The summed E-state index contributed by atoms with van der Waals surface area (Å²) in [6, 6.07) is 10.6. The summed E-state index contributed by atoms with van der Waals surface area (Å²) >= 11 is 12.0. The van der Waals surface area contributed by atoms with Gasteiger partial charge < -0.3 is 10.2 Å². The molecule has 1 aliphatic rings. The standard InChI is InChI=1S/C16H14Cl2O2/c1-9-8-16(9,10-2-4-14(19)12(17)6-10)11-3-5-15(20)13(18)7-11/h2-7,9,19-20H,8H2,1H3. The Morgan fingerprint density at radius 1 is 0.950 bits per heavy atom. The summed E-state index contributed by atoms with van der Waals surface area (Å²) < 4.78 is 0. The van der Waals surface area contributed by atoms with Gasteiger partial charge in [-0.2, -0.15) is 0 Å². The van der Waals surface area contributed by atoms with Crippen molar-refractivity contribution in [2.75, 3.05) is 0 Å². The van der Waals surface area contributed by atoms with Crippen molar-refractivity contribution in [3.05, 3.63) is 57.6 Å². The van der Waals surface area contributed by atoms with Crippen LogP contribution >= 0.6 is 23.2 Å². The zero-order chi connectivity index (χ0) is 14.5. The Bertz CT molecular complexity index is 631. The molecule has 0 aliphatic heterocycles. The lowest BCUT2D eigenvalue weighted by Crippen LogP contribution is -2.11. The van der Waals surface area contributed by atoms with Gasteiger partial charge in [0.15, 0.2) is 0 Å². The molecular weight excluding hydrogens is 295 g/mol. The van der Waals surface area contributed by atoms with Crippen LogP contribution < -0.4 is 0 Å². The van der Waals surface area contributed by atoms with E-state index in [2.05, 4.69) is 6.92 Å². The van der Waals surface area contributed by atoms with Gasteiger partial charge in [-0.15, -0.1) is 0 Å². The van der Waals surface area contributed by atoms with Gasteiger partial charge >= 0.3 is 0 Å². The maximum atomic E-state index is 9.56. The van der Waals surface area contributed by atoms with E-state index in [1.54, 1.807) is 24.3 Å². The average Bonchev–Trinajstić information content (AvgIpc) is 3.09. The van der Waals surface area contributed by atoms with Crippen LogP contribution in [0.1, 0.15) is 24.5 Å². The highest BCUT2D eigenvalue weighted by Gasteiger charge is 2.53. The Labute approximate surface area is 127 Å². The van der Waals surface area contributed by atoms with Crippen molar-refractivity contribution < 1.29 is 10.2 Å². The lowest BCUT2D eigenvalue weighted by Gasteiger charge is -2.19. The first-order valence-corrected chi connectivity index (χ1v) is 7.19. The molecule has 0 bridgehead atoms. The van der Waals surface area contributed by atoms with Crippen LogP contribution in [-0.2, 0) is 5.41 Å². The minimum Gasteiger partial charge on any atom is -0.506 e. The van der Waals surface area contributed by atoms with Crippen LogP contribution in [0.5, 0.6) is 11.5 Å². The molecule has 4 heteroatoms. The number of benzene rings is 2. The molecule has 0 radical (unpaired) electrons. The largest absolute Gasteiger partial charge is 0.506 e. The molecule has 104 valence electrons. The predicted octanol–water partition coefficient (Wildman–Crippen LogP) is 4.73. The Hall–Kier alpha value is -1.38. The van der Waals surface area contributed by atoms with Gasteiger partial charge in [0, 0.05) is 5.41 Å². The highest BCUT2D eigenvalue weighted by molar-refractivity contribution is 6.32. The molecule has 0 aromatic heterocycles. The molecule has 1 unspecified atom stereocenters. The minimum absolute atomic E-state index is 0.0857. The Kier molecular flexibility index (Phi) is 3.11. The van der Waals surface area contributed by atoms with Gasteiger partial charge in [-0.25, -0.2) is 0 Å². The Morgan fingerprint density at radius 2 is 1.35 bits per heavy atom. The van der Waals surface area contributed by atoms with Crippen molar-refractivity contribution in [3.63, 3.8) is 0 Å². The second kappa shape index (κ2) is 4.57. The first-order valence-electron chi connectivity index (χ1n) is 6.43. The second-order valence-corrected chi connectivity index (χ2v) is 6.22. The van der Waals surface area contributed by atoms with Crippen molar-refractivity contribution in [1.29, 1.82) is 0 Å². The summed E-state index contributed by atoms with van der Waals surface area (Å²) in [5.74, 6) is 0.633. The van der Waals surface area contributed by atoms with Crippen LogP contribution in [0.15, 0.2) is 36.4 Å². The lowest BCUT2D eigenvalue weighted by atomic mass is 9.86. The predicted molar refractivity (Wildman–Crippen MR) is 80.8 cm³/mol. The molecule has 0 amide bonds. The summed E-state index contributed by atoms with van der Waals surface area (Å²) in [7, 11) is 0. The molecule has 2 nitrogen and oxygen atoms in total. The zero-order valence-electron chi connectivity index (χ0n) is 10.9. The third-order valence-electron chi connectivity index (χ3n) is 4.23. The monoisotopic (exact) mass is 308 g/mol. The summed E-state index contributed by atoms with van der Waals surface area (Å²) in [4.78, 5) is 0. The molecule has 0 spiro atoms. The number of aromatic hydroxyl groups is 2. The van der Waals surface area contributed by atoms with Crippen LogP contribution in [0.2, 0.25) is 10.0 Å². The fourth-order valence-electron chi connectivity index (χ4n) is 2.96. The van der Waals surface area contributed by atoms with E-state index >= 15 is 0 Å². The third-order valence-corrected chi connectivity index (χ3v) is 4.84. The molecule has 2 aromatic carbocycles. The highest BCUT2D eigenvalue weighted by Crippen LogP contribution is 2.59. The Balaban J connectivity index is 2.12. The molecule has 0 saturated heterocycles. The van der Waals surface area contributed by atoms with Gasteiger partial charge in [0.05, 0.1) is 10.0 Å². The first kappa shape index (κ1) is 13.6. The van der Waals surface area contributed by atoms with Crippen LogP contribution in [0.25, 0.3) is 0 Å². The van der Waals surface area contributed by atoms with E-state index in [1.807, 2.05) is 12.1 Å². The smallest absolute Gasteiger partial charge is 0.134 e. The normalized spacial score (nSPS) is 19.9. The number of hydrogen-bond donors (Lipinski definition) is 2. The van der Waals surface area contributed by atoms with E-state index in [4.69, 9.17) is 23.2 Å². The number of hydrogen-bond acceptors (Lipinski definition) is 2. The van der Waals surface area contributed by atoms with Crippen molar-refractivity contribution in [2.24, 2.45) is 5.92 Å². The summed E-state index contributed by atoms with van der Waals surface area (Å²) in [6.45, 7) is 2.17. The second-order valence-electron chi connectivity index (χ2n) is 5.41. The van der Waals surface area contributed by atoms with Crippen molar-refractivity contribution >= 4 is 23.2 Å². The van der Waals surface area contributed by atoms with Crippen LogP contribution in [0, 0.1) is 5.92 Å². The number of halogens is 2. The van der Waals surface area contributed by atoms with Gasteiger partial charge in [-0.1, -0.05) is 42.3 Å². The average molecular weight is 309 g/mol.